The minimum atomic E-state index is -1.41. The lowest BCUT2D eigenvalue weighted by Crippen LogP contribution is -2.40. The van der Waals surface area contributed by atoms with E-state index in [0.29, 0.717) is 30.6 Å². The molecule has 8 atom stereocenters. The molecule has 18 nitrogen and oxygen atoms in total. The van der Waals surface area contributed by atoms with Gasteiger partial charge in [0.15, 0.2) is 46.7 Å². The van der Waals surface area contributed by atoms with Crippen molar-refractivity contribution in [2.24, 2.45) is 0 Å². The number of terminal acetylenes is 1. The summed E-state index contributed by atoms with van der Waals surface area (Å²) in [7, 11) is 0. The molecule has 4 aromatic rings. The van der Waals surface area contributed by atoms with Crippen LogP contribution in [-0.2, 0) is 9.47 Å². The molecule has 2 aliphatic rings. The lowest BCUT2D eigenvalue weighted by molar-refractivity contribution is -0.0514. The van der Waals surface area contributed by atoms with Crippen molar-refractivity contribution in [3.05, 3.63) is 24.8 Å². The molecular formula is C28H33N11O7. The third kappa shape index (κ3) is 5.68. The van der Waals surface area contributed by atoms with Gasteiger partial charge in [0.2, 0.25) is 0 Å². The lowest BCUT2D eigenvalue weighted by Gasteiger charge is -2.24. The SMILES string of the molecule is C#CCCCN(CC#Cc1nc2c(N)ncnc2n1[C@@H]1O[C@H](CO)[C@@H](O)[C@H]1O)C[C@H]1O[C@@H](n2cnc3c(N)ncnc32)[C@H](O)[C@@H]1O. The summed E-state index contributed by atoms with van der Waals surface area (Å²) in [6.45, 7) is 0.320. The van der Waals surface area contributed by atoms with E-state index >= 15 is 0 Å². The highest BCUT2D eigenvalue weighted by Crippen LogP contribution is 2.34. The Balaban J connectivity index is 1.24. The fourth-order valence-corrected chi connectivity index (χ4v) is 5.64. The van der Waals surface area contributed by atoms with E-state index in [9.17, 15) is 25.5 Å². The van der Waals surface area contributed by atoms with Crippen molar-refractivity contribution in [1.82, 2.24) is 43.9 Å². The molecule has 4 aromatic heterocycles. The van der Waals surface area contributed by atoms with Crippen molar-refractivity contribution >= 4 is 34.0 Å². The van der Waals surface area contributed by atoms with Gasteiger partial charge in [-0.05, 0) is 12.3 Å². The summed E-state index contributed by atoms with van der Waals surface area (Å²) in [4.78, 5) is 26.9. The number of unbranched alkanes of at least 4 members (excludes halogenated alkanes) is 1. The number of fused-ring (bicyclic) bond motifs is 2. The third-order valence-electron chi connectivity index (χ3n) is 8.01. The largest absolute Gasteiger partial charge is 0.394 e. The Morgan fingerprint density at radius 2 is 1.54 bits per heavy atom. The first-order valence-electron chi connectivity index (χ1n) is 14.4. The van der Waals surface area contributed by atoms with E-state index in [4.69, 9.17) is 27.4 Å². The minimum absolute atomic E-state index is 0.0785. The molecule has 6 rings (SSSR count). The fourth-order valence-electron chi connectivity index (χ4n) is 5.64. The second-order valence-corrected chi connectivity index (χ2v) is 10.9. The lowest BCUT2D eigenvalue weighted by atomic mass is 10.1. The number of anilines is 2. The molecule has 0 unspecified atom stereocenters. The predicted octanol–water partition coefficient (Wildman–Crippen LogP) is -2.87. The predicted molar refractivity (Wildman–Crippen MR) is 160 cm³/mol. The molecule has 9 N–H and O–H groups in total. The molecule has 242 valence electrons. The van der Waals surface area contributed by atoms with Crippen LogP contribution in [0.1, 0.15) is 31.1 Å². The first kappa shape index (κ1) is 31.5. The van der Waals surface area contributed by atoms with E-state index in [1.807, 2.05) is 4.90 Å². The molecule has 0 saturated carbocycles. The molecule has 2 saturated heterocycles. The van der Waals surface area contributed by atoms with Crippen LogP contribution in [-0.4, -0.2) is 132 Å². The summed E-state index contributed by atoms with van der Waals surface area (Å²) in [6.07, 6.45) is 1.21. The van der Waals surface area contributed by atoms with Crippen molar-refractivity contribution in [3.8, 4) is 24.2 Å². The number of nitrogens with two attached hydrogens (primary N) is 2. The number of hydrogen-bond donors (Lipinski definition) is 7. The topological polar surface area (TPSA) is 262 Å². The maximum absolute atomic E-state index is 11.0. The number of aromatic nitrogens is 8. The Morgan fingerprint density at radius 3 is 2.26 bits per heavy atom. The Kier molecular flexibility index (Phi) is 8.95. The summed E-state index contributed by atoms with van der Waals surface area (Å²) >= 11 is 0. The number of aliphatic hydroxyl groups excluding tert-OH is 5. The van der Waals surface area contributed by atoms with Gasteiger partial charge in [0, 0.05) is 19.5 Å². The van der Waals surface area contributed by atoms with Crippen molar-refractivity contribution in [1.29, 1.82) is 0 Å². The van der Waals surface area contributed by atoms with Crippen molar-refractivity contribution < 1.29 is 35.0 Å². The Hall–Kier alpha value is -4.50. The van der Waals surface area contributed by atoms with Gasteiger partial charge in [-0.2, -0.15) is 0 Å². The van der Waals surface area contributed by atoms with Gasteiger partial charge in [0.05, 0.1) is 19.5 Å². The molecule has 0 aromatic carbocycles. The number of aliphatic hydroxyl groups is 5. The Labute approximate surface area is 261 Å². The molecule has 0 radical (unpaired) electrons. The quantitative estimate of drug-likeness (QED) is 0.0720. The zero-order valence-corrected chi connectivity index (χ0v) is 24.4. The van der Waals surface area contributed by atoms with Crippen LogP contribution in [0.3, 0.4) is 0 Å². The van der Waals surface area contributed by atoms with E-state index in [1.54, 1.807) is 0 Å². The molecule has 2 fully saturated rings. The molecule has 2 aliphatic heterocycles. The van der Waals surface area contributed by atoms with Crippen LogP contribution in [0.5, 0.6) is 0 Å². The molecular weight excluding hydrogens is 602 g/mol. The zero-order valence-electron chi connectivity index (χ0n) is 24.4. The second kappa shape index (κ2) is 13.1. The van der Waals surface area contributed by atoms with Crippen LogP contribution in [0.4, 0.5) is 11.6 Å². The van der Waals surface area contributed by atoms with E-state index in [-0.39, 0.29) is 41.7 Å². The minimum Gasteiger partial charge on any atom is -0.394 e. The first-order valence-corrected chi connectivity index (χ1v) is 14.4. The maximum Gasteiger partial charge on any atom is 0.190 e. The van der Waals surface area contributed by atoms with Gasteiger partial charge >= 0.3 is 0 Å². The number of nitrogens with zero attached hydrogens (tertiary/aromatic N) is 9. The third-order valence-corrected chi connectivity index (χ3v) is 8.01. The zero-order chi connectivity index (χ0) is 32.5. The number of imidazole rings is 2. The standard InChI is InChI=1S/C28H33N11O7/c1-2-3-4-7-37(9-14-19(41)21(43)27(45-14)38-13-35-17-23(29)31-11-33-25(17)38)8-5-6-16-36-18-24(30)32-12-34-26(18)39(16)28-22(44)20(42)15(10-40)46-28/h1,11-15,19-22,27-28,40-44H,3-4,7-10H2,(H2,29,31,33)(H2,30,32,34)/t14-,15-,19-,20-,21-,22-,27-,28-/m1/s1. The van der Waals surface area contributed by atoms with Crippen molar-refractivity contribution in [2.75, 3.05) is 37.7 Å². The Bertz CT molecular complexity index is 1810. The highest BCUT2D eigenvalue weighted by atomic mass is 16.6. The van der Waals surface area contributed by atoms with Gasteiger partial charge in [-0.3, -0.25) is 14.0 Å². The highest BCUT2D eigenvalue weighted by molar-refractivity contribution is 5.82. The summed E-state index contributed by atoms with van der Waals surface area (Å²) in [6, 6.07) is 0. The van der Waals surface area contributed by atoms with E-state index in [1.165, 1.54) is 28.1 Å². The van der Waals surface area contributed by atoms with Crippen LogP contribution in [0, 0.1) is 24.2 Å². The molecule has 46 heavy (non-hydrogen) atoms. The molecule has 0 amide bonds. The van der Waals surface area contributed by atoms with E-state index in [0.717, 1.165) is 0 Å². The summed E-state index contributed by atoms with van der Waals surface area (Å²) in [5, 5.41) is 52.6. The van der Waals surface area contributed by atoms with Crippen molar-refractivity contribution in [3.63, 3.8) is 0 Å². The molecule has 6 heterocycles. The van der Waals surface area contributed by atoms with Gasteiger partial charge in [-0.15, -0.1) is 12.3 Å². The van der Waals surface area contributed by atoms with Gasteiger partial charge in [-0.1, -0.05) is 5.92 Å². The van der Waals surface area contributed by atoms with Crippen LogP contribution in [0.15, 0.2) is 19.0 Å². The van der Waals surface area contributed by atoms with Crippen LogP contribution < -0.4 is 11.5 Å². The first-order chi connectivity index (χ1) is 22.2. The molecule has 0 aliphatic carbocycles. The molecule has 18 heteroatoms. The van der Waals surface area contributed by atoms with E-state index in [2.05, 4.69) is 47.7 Å². The second-order valence-electron chi connectivity index (χ2n) is 10.9. The van der Waals surface area contributed by atoms with Crippen LogP contribution in [0.25, 0.3) is 22.3 Å². The van der Waals surface area contributed by atoms with Crippen LogP contribution in [0.2, 0.25) is 0 Å². The van der Waals surface area contributed by atoms with Gasteiger partial charge < -0.3 is 46.5 Å². The number of hydrogen-bond acceptors (Lipinski definition) is 16. The normalized spacial score (nSPS) is 27.8. The monoisotopic (exact) mass is 635 g/mol. The number of nitrogen functional groups attached to an aromatic ring is 2. The van der Waals surface area contributed by atoms with Gasteiger partial charge in [0.1, 0.15) is 54.8 Å². The average Bonchev–Trinajstić information content (AvgIpc) is 3.78. The van der Waals surface area contributed by atoms with Gasteiger partial charge in [-0.25, -0.2) is 29.9 Å². The van der Waals surface area contributed by atoms with Gasteiger partial charge in [0.25, 0.3) is 0 Å². The van der Waals surface area contributed by atoms with Crippen LogP contribution >= 0.6 is 0 Å². The number of ether oxygens (including phenoxy) is 2. The number of rotatable bonds is 9. The summed E-state index contributed by atoms with van der Waals surface area (Å²) < 4.78 is 14.8. The van der Waals surface area contributed by atoms with Crippen molar-refractivity contribution in [2.45, 2.75) is 61.9 Å². The summed E-state index contributed by atoms with van der Waals surface area (Å²) in [5.41, 5.74) is 13.1. The Morgan fingerprint density at radius 1 is 0.870 bits per heavy atom. The smallest absolute Gasteiger partial charge is 0.190 e. The molecule has 0 spiro atoms. The highest BCUT2D eigenvalue weighted by Gasteiger charge is 2.46. The summed E-state index contributed by atoms with van der Waals surface area (Å²) in [5.74, 6) is 9.00. The maximum atomic E-state index is 11.0. The average molecular weight is 636 g/mol. The van der Waals surface area contributed by atoms with E-state index < -0.39 is 55.7 Å². The molecule has 0 bridgehead atoms. The fraction of sp³-hybridized carbons (Fsp3) is 0.500.